The Morgan fingerprint density at radius 1 is 1.26 bits per heavy atom. The van der Waals surface area contributed by atoms with Gasteiger partial charge in [0.05, 0.1) is 13.0 Å². The van der Waals surface area contributed by atoms with Gasteiger partial charge in [0.2, 0.25) is 5.95 Å². The summed E-state index contributed by atoms with van der Waals surface area (Å²) < 4.78 is 3.32. The zero-order valence-corrected chi connectivity index (χ0v) is 16.4. The molecule has 1 fully saturated rings. The van der Waals surface area contributed by atoms with Crippen molar-refractivity contribution in [1.82, 2.24) is 19.1 Å². The first-order valence-corrected chi connectivity index (χ1v) is 9.98. The molecule has 3 heterocycles. The molecular formula is C18H23N5O3S. The zero-order chi connectivity index (χ0) is 19.4. The Morgan fingerprint density at radius 3 is 2.67 bits per heavy atom. The lowest BCUT2D eigenvalue weighted by molar-refractivity contribution is -0.136. The van der Waals surface area contributed by atoms with Gasteiger partial charge in [-0.15, -0.1) is 5.92 Å². The lowest BCUT2D eigenvalue weighted by atomic mass is 10.1. The number of hydrogen-bond donors (Lipinski definition) is 1. The first-order chi connectivity index (χ1) is 13.0. The highest BCUT2D eigenvalue weighted by molar-refractivity contribution is 7.99. The van der Waals surface area contributed by atoms with E-state index >= 15 is 0 Å². The SMILES string of the molecule is CC#CCn1c(N2CCCCC2)nc2nc(SCCC(=O)O)n(C)c(=O)c21. The number of rotatable bonds is 6. The van der Waals surface area contributed by atoms with Crippen LogP contribution in [0.5, 0.6) is 0 Å². The summed E-state index contributed by atoms with van der Waals surface area (Å²) >= 11 is 1.25. The van der Waals surface area contributed by atoms with Crippen molar-refractivity contribution in [2.45, 2.75) is 44.3 Å². The molecule has 2 aromatic heterocycles. The Hall–Kier alpha value is -2.47. The topological polar surface area (TPSA) is 93.2 Å². The lowest BCUT2D eigenvalue weighted by Gasteiger charge is -2.27. The molecule has 2 aromatic rings. The van der Waals surface area contributed by atoms with E-state index in [9.17, 15) is 9.59 Å². The third-order valence-corrected chi connectivity index (χ3v) is 5.56. The second kappa shape index (κ2) is 8.48. The fraction of sp³-hybridized carbons (Fsp3) is 0.556. The third-order valence-electron chi connectivity index (χ3n) is 4.52. The Bertz CT molecular complexity index is 963. The molecule has 0 spiro atoms. The van der Waals surface area contributed by atoms with E-state index in [1.807, 2.05) is 4.57 Å². The maximum absolute atomic E-state index is 13.0. The largest absolute Gasteiger partial charge is 0.481 e. The van der Waals surface area contributed by atoms with Crippen LogP contribution in [-0.2, 0) is 18.4 Å². The van der Waals surface area contributed by atoms with Crippen LogP contribution in [0, 0.1) is 11.8 Å². The molecule has 3 rings (SSSR count). The second-order valence-corrected chi connectivity index (χ2v) is 7.46. The van der Waals surface area contributed by atoms with Crippen molar-refractivity contribution in [2.24, 2.45) is 7.05 Å². The molecule has 0 radical (unpaired) electrons. The maximum atomic E-state index is 13.0. The molecule has 27 heavy (non-hydrogen) atoms. The molecule has 0 saturated carbocycles. The predicted octanol–water partition coefficient (Wildman–Crippen LogP) is 1.71. The summed E-state index contributed by atoms with van der Waals surface area (Å²) in [6, 6.07) is 0. The first-order valence-electron chi connectivity index (χ1n) is 8.99. The van der Waals surface area contributed by atoms with Crippen LogP contribution in [-0.4, -0.2) is 49.0 Å². The van der Waals surface area contributed by atoms with Gasteiger partial charge in [-0.3, -0.25) is 18.7 Å². The van der Waals surface area contributed by atoms with Gasteiger partial charge in [-0.25, -0.2) is 4.98 Å². The van der Waals surface area contributed by atoms with E-state index in [-0.39, 0.29) is 12.0 Å². The molecule has 0 aromatic carbocycles. The predicted molar refractivity (Wildman–Crippen MR) is 105 cm³/mol. The van der Waals surface area contributed by atoms with Gasteiger partial charge in [-0.1, -0.05) is 17.7 Å². The van der Waals surface area contributed by atoms with Gasteiger partial charge >= 0.3 is 5.97 Å². The molecule has 1 aliphatic rings. The second-order valence-electron chi connectivity index (χ2n) is 6.40. The van der Waals surface area contributed by atoms with E-state index in [1.165, 1.54) is 22.7 Å². The highest BCUT2D eigenvalue weighted by Gasteiger charge is 2.23. The van der Waals surface area contributed by atoms with Crippen molar-refractivity contribution >= 4 is 34.8 Å². The van der Waals surface area contributed by atoms with Crippen LogP contribution in [0.1, 0.15) is 32.6 Å². The quantitative estimate of drug-likeness (QED) is 0.457. The van der Waals surface area contributed by atoms with Crippen LogP contribution >= 0.6 is 11.8 Å². The normalized spacial score (nSPS) is 14.2. The summed E-state index contributed by atoms with van der Waals surface area (Å²) in [5.74, 6) is 6.13. The molecule has 9 heteroatoms. The van der Waals surface area contributed by atoms with Crippen LogP contribution in [0.25, 0.3) is 11.2 Å². The standard InChI is InChI=1S/C18H23N5O3S/c1-3-4-11-23-14-15(19-17(23)22-9-6-5-7-10-22)20-18(21(2)16(14)26)27-12-8-13(24)25/h5-12H2,1-2H3,(H,24,25). The minimum Gasteiger partial charge on any atom is -0.481 e. The summed E-state index contributed by atoms with van der Waals surface area (Å²) in [7, 11) is 1.65. The fourth-order valence-corrected chi connectivity index (χ4v) is 4.02. The fourth-order valence-electron chi connectivity index (χ4n) is 3.13. The molecule has 0 bridgehead atoms. The summed E-state index contributed by atoms with van der Waals surface area (Å²) in [4.78, 5) is 35.1. The van der Waals surface area contributed by atoms with Gasteiger partial charge in [0, 0.05) is 25.9 Å². The highest BCUT2D eigenvalue weighted by atomic mass is 32.2. The van der Waals surface area contributed by atoms with Gasteiger partial charge in [-0.05, 0) is 26.2 Å². The van der Waals surface area contributed by atoms with Crippen LogP contribution in [0.3, 0.4) is 0 Å². The van der Waals surface area contributed by atoms with Gasteiger partial charge in [0.1, 0.15) is 0 Å². The van der Waals surface area contributed by atoms with Crippen LogP contribution < -0.4 is 10.5 Å². The number of piperidine rings is 1. The molecular weight excluding hydrogens is 366 g/mol. The minimum absolute atomic E-state index is 0.0120. The average Bonchev–Trinajstić information content (AvgIpc) is 3.02. The number of carboxylic acids is 1. The van der Waals surface area contributed by atoms with Crippen LogP contribution in [0.15, 0.2) is 9.95 Å². The Labute approximate surface area is 161 Å². The Kier molecular flexibility index (Phi) is 6.06. The molecule has 0 unspecified atom stereocenters. The monoisotopic (exact) mass is 389 g/mol. The average molecular weight is 389 g/mol. The number of nitrogens with zero attached hydrogens (tertiary/aromatic N) is 5. The van der Waals surface area contributed by atoms with E-state index < -0.39 is 5.97 Å². The van der Waals surface area contributed by atoms with Crippen LogP contribution in [0.4, 0.5) is 5.95 Å². The molecule has 8 nitrogen and oxygen atoms in total. The highest BCUT2D eigenvalue weighted by Crippen LogP contribution is 2.24. The number of anilines is 1. The number of imidazole rings is 1. The lowest BCUT2D eigenvalue weighted by Crippen LogP contribution is -2.32. The number of carbonyl (C=O) groups is 1. The smallest absolute Gasteiger partial charge is 0.304 e. The third kappa shape index (κ3) is 4.11. The van der Waals surface area contributed by atoms with Crippen molar-refractivity contribution in [2.75, 3.05) is 23.7 Å². The van der Waals surface area contributed by atoms with E-state index in [4.69, 9.17) is 5.11 Å². The number of aliphatic carboxylic acids is 1. The van der Waals surface area contributed by atoms with Crippen molar-refractivity contribution < 1.29 is 9.90 Å². The zero-order valence-electron chi connectivity index (χ0n) is 15.6. The van der Waals surface area contributed by atoms with Crippen molar-refractivity contribution in [3.8, 4) is 11.8 Å². The minimum atomic E-state index is -0.872. The molecule has 0 atom stereocenters. The molecule has 1 saturated heterocycles. The first kappa shape index (κ1) is 19.3. The summed E-state index contributed by atoms with van der Waals surface area (Å²) in [5.41, 5.74) is 0.657. The summed E-state index contributed by atoms with van der Waals surface area (Å²) in [6.45, 7) is 3.97. The van der Waals surface area contributed by atoms with E-state index in [1.54, 1.807) is 14.0 Å². The summed E-state index contributed by atoms with van der Waals surface area (Å²) in [5, 5.41) is 9.29. The number of hydrogen-bond acceptors (Lipinski definition) is 6. The van der Waals surface area contributed by atoms with Gasteiger partial charge in [0.25, 0.3) is 5.56 Å². The van der Waals surface area contributed by atoms with Gasteiger partial charge < -0.3 is 10.0 Å². The molecule has 1 aliphatic heterocycles. The van der Waals surface area contributed by atoms with Crippen LogP contribution in [0.2, 0.25) is 0 Å². The van der Waals surface area contributed by atoms with E-state index in [0.717, 1.165) is 31.9 Å². The van der Waals surface area contributed by atoms with Crippen molar-refractivity contribution in [1.29, 1.82) is 0 Å². The molecule has 0 aliphatic carbocycles. The number of carboxylic acid groups (broad SMARTS) is 1. The molecule has 144 valence electrons. The van der Waals surface area contributed by atoms with E-state index in [0.29, 0.717) is 28.6 Å². The Morgan fingerprint density at radius 2 is 2.00 bits per heavy atom. The van der Waals surface area contributed by atoms with Crippen molar-refractivity contribution in [3.63, 3.8) is 0 Å². The molecule has 0 amide bonds. The van der Waals surface area contributed by atoms with Gasteiger partial charge in [-0.2, -0.15) is 4.98 Å². The van der Waals surface area contributed by atoms with E-state index in [2.05, 4.69) is 26.7 Å². The van der Waals surface area contributed by atoms with Crippen molar-refractivity contribution in [3.05, 3.63) is 10.4 Å². The van der Waals surface area contributed by atoms with Gasteiger partial charge in [0.15, 0.2) is 16.3 Å². The number of thioether (sulfide) groups is 1. The Balaban J connectivity index is 2.07. The summed E-state index contributed by atoms with van der Waals surface area (Å²) in [6.07, 6.45) is 3.42. The number of fused-ring (bicyclic) bond motifs is 1. The maximum Gasteiger partial charge on any atom is 0.304 e. The molecule has 1 N–H and O–H groups in total. The number of aromatic nitrogens is 4.